The van der Waals surface area contributed by atoms with Crippen LogP contribution in [0.5, 0.6) is 0 Å². The molecule has 0 N–H and O–H groups in total. The lowest BCUT2D eigenvalue weighted by Crippen LogP contribution is -2.33. The Kier molecular flexibility index (Phi) is 19.0. The molecule has 0 amide bonds. The van der Waals surface area contributed by atoms with Gasteiger partial charge < -0.3 is 0 Å². The maximum absolute atomic E-state index is 2.77. The molecule has 0 aromatic carbocycles. The fourth-order valence-electron chi connectivity index (χ4n) is 3.15. The first-order valence-corrected chi connectivity index (χ1v) is 10.6. The van der Waals surface area contributed by atoms with Gasteiger partial charge >= 0.3 is 0 Å². The molecule has 1 nitrogen and oxygen atoms in total. The average molecular weight is 312 g/mol. The molecule has 22 heavy (non-hydrogen) atoms. The third-order valence-electron chi connectivity index (χ3n) is 4.73. The molecular formula is C21H45N+. The molecule has 0 saturated carbocycles. The molecule has 0 saturated heterocycles. The van der Waals surface area contributed by atoms with E-state index in [4.69, 9.17) is 0 Å². The zero-order chi connectivity index (χ0) is 16.3. The molecule has 0 fully saturated rings. The molecule has 1 radical (unpaired) electrons. The van der Waals surface area contributed by atoms with Crippen molar-refractivity contribution in [2.75, 3.05) is 19.6 Å². The van der Waals surface area contributed by atoms with Gasteiger partial charge in [-0.25, -0.2) is 0 Å². The molecule has 0 spiro atoms. The summed E-state index contributed by atoms with van der Waals surface area (Å²) in [5.41, 5.74) is 0. The molecule has 0 aliphatic carbocycles. The highest BCUT2D eigenvalue weighted by atomic mass is 15.1. The molecule has 0 heterocycles. The Bertz CT molecular complexity index is 157. The largest absolute Gasteiger partial charge is 0.170 e. The van der Waals surface area contributed by atoms with Crippen LogP contribution in [0.4, 0.5) is 0 Å². The quantitative estimate of drug-likeness (QED) is 0.189. The van der Waals surface area contributed by atoms with Crippen LogP contribution in [-0.2, 0) is 0 Å². The van der Waals surface area contributed by atoms with Gasteiger partial charge in [-0.1, -0.05) is 78.6 Å². The highest BCUT2D eigenvalue weighted by Crippen LogP contribution is 2.08. The minimum atomic E-state index is 1.35. The lowest BCUT2D eigenvalue weighted by Gasteiger charge is -2.13. The average Bonchev–Trinajstić information content (AvgIpc) is 2.53. The molecular weight excluding hydrogens is 266 g/mol. The molecule has 0 rings (SSSR count). The normalized spacial score (nSPS) is 11.5. The summed E-state index contributed by atoms with van der Waals surface area (Å²) >= 11 is 0. The van der Waals surface area contributed by atoms with E-state index in [1.54, 1.807) is 0 Å². The predicted molar refractivity (Wildman–Crippen MR) is 103 cm³/mol. The molecule has 0 bridgehead atoms. The third-order valence-corrected chi connectivity index (χ3v) is 4.73. The lowest BCUT2D eigenvalue weighted by molar-refractivity contribution is 0.368. The van der Waals surface area contributed by atoms with Gasteiger partial charge in [-0.05, 0) is 19.3 Å². The highest BCUT2D eigenvalue weighted by molar-refractivity contribution is 4.65. The second-order valence-electron chi connectivity index (χ2n) is 7.08. The van der Waals surface area contributed by atoms with Gasteiger partial charge in [0.25, 0.3) is 0 Å². The van der Waals surface area contributed by atoms with Crippen molar-refractivity contribution in [2.45, 2.75) is 117 Å². The molecule has 0 aliphatic rings. The molecule has 0 unspecified atom stereocenters. The fraction of sp³-hybridized carbons (Fsp3) is 1.00. The molecule has 0 aromatic heterocycles. The van der Waals surface area contributed by atoms with E-state index in [-0.39, 0.29) is 0 Å². The fourth-order valence-corrected chi connectivity index (χ4v) is 3.15. The van der Waals surface area contributed by atoms with E-state index in [2.05, 4.69) is 25.7 Å². The van der Waals surface area contributed by atoms with Crippen molar-refractivity contribution in [1.29, 1.82) is 0 Å². The van der Waals surface area contributed by atoms with E-state index in [0.29, 0.717) is 0 Å². The van der Waals surface area contributed by atoms with E-state index in [1.807, 2.05) is 0 Å². The van der Waals surface area contributed by atoms with Crippen LogP contribution in [0.1, 0.15) is 117 Å². The summed E-state index contributed by atoms with van der Waals surface area (Å²) in [6, 6.07) is 0. The summed E-state index contributed by atoms with van der Waals surface area (Å²) in [6.45, 7) is 11.0. The van der Waals surface area contributed by atoms with Crippen molar-refractivity contribution in [2.24, 2.45) is 0 Å². The SMILES string of the molecule is CCCCCCC[N+](CCCCCCC)CCCCCCC. The Morgan fingerprint density at radius 3 is 0.909 bits per heavy atom. The van der Waals surface area contributed by atoms with Crippen molar-refractivity contribution < 1.29 is 0 Å². The zero-order valence-electron chi connectivity index (χ0n) is 16.2. The van der Waals surface area contributed by atoms with Gasteiger partial charge in [0.1, 0.15) is 19.6 Å². The zero-order valence-corrected chi connectivity index (χ0v) is 16.2. The Morgan fingerprint density at radius 2 is 0.636 bits per heavy atom. The number of nitrogens with zero attached hydrogens (tertiary/aromatic N) is 1. The Balaban J connectivity index is 3.72. The Labute approximate surface area is 142 Å². The van der Waals surface area contributed by atoms with E-state index >= 15 is 0 Å². The third kappa shape index (κ3) is 16.3. The highest BCUT2D eigenvalue weighted by Gasteiger charge is 2.13. The van der Waals surface area contributed by atoms with Crippen LogP contribution in [0, 0.1) is 0 Å². The van der Waals surface area contributed by atoms with Crippen molar-refractivity contribution >= 4 is 0 Å². The first-order chi connectivity index (χ1) is 10.8. The maximum Gasteiger partial charge on any atom is 0.122 e. The van der Waals surface area contributed by atoms with Crippen LogP contribution in [0.25, 0.3) is 0 Å². The van der Waals surface area contributed by atoms with Crippen LogP contribution in [0.2, 0.25) is 0 Å². The molecule has 133 valence electrons. The summed E-state index contributed by atoms with van der Waals surface area (Å²) in [5, 5.41) is 0. The first kappa shape index (κ1) is 22.0. The minimum absolute atomic E-state index is 1.35. The number of unbranched alkanes of at least 4 members (excludes halogenated alkanes) is 12. The summed E-state index contributed by atoms with van der Waals surface area (Å²) in [6.07, 6.45) is 21.3. The summed E-state index contributed by atoms with van der Waals surface area (Å²) in [5.74, 6) is 0. The molecule has 0 aliphatic heterocycles. The Morgan fingerprint density at radius 1 is 0.364 bits per heavy atom. The molecule has 0 atom stereocenters. The van der Waals surface area contributed by atoms with E-state index in [9.17, 15) is 0 Å². The van der Waals surface area contributed by atoms with Gasteiger partial charge in [0.05, 0.1) is 0 Å². The first-order valence-electron chi connectivity index (χ1n) is 10.6. The second kappa shape index (κ2) is 19.0. The summed E-state index contributed by atoms with van der Waals surface area (Å²) < 4.78 is 0. The van der Waals surface area contributed by atoms with Crippen molar-refractivity contribution in [1.82, 2.24) is 4.90 Å². The van der Waals surface area contributed by atoms with Gasteiger partial charge in [-0.15, -0.1) is 0 Å². The van der Waals surface area contributed by atoms with Gasteiger partial charge in [0.15, 0.2) is 0 Å². The lowest BCUT2D eigenvalue weighted by atomic mass is 10.1. The number of hydrogen-bond donors (Lipinski definition) is 0. The minimum Gasteiger partial charge on any atom is -0.170 e. The van der Waals surface area contributed by atoms with Crippen LogP contribution in [0.3, 0.4) is 0 Å². The van der Waals surface area contributed by atoms with E-state index < -0.39 is 0 Å². The summed E-state index contributed by atoms with van der Waals surface area (Å²) in [7, 11) is 0. The van der Waals surface area contributed by atoms with E-state index in [0.717, 1.165) is 0 Å². The van der Waals surface area contributed by atoms with Gasteiger partial charge in [0.2, 0.25) is 0 Å². The van der Waals surface area contributed by atoms with Crippen molar-refractivity contribution in [3.8, 4) is 0 Å². The molecule has 0 aromatic rings. The van der Waals surface area contributed by atoms with Crippen LogP contribution >= 0.6 is 0 Å². The predicted octanol–water partition coefficient (Wildman–Crippen LogP) is 7.04. The number of hydrogen-bond acceptors (Lipinski definition) is 1. The van der Waals surface area contributed by atoms with Crippen molar-refractivity contribution in [3.63, 3.8) is 0 Å². The van der Waals surface area contributed by atoms with Crippen LogP contribution in [-0.4, -0.2) is 19.6 Å². The van der Waals surface area contributed by atoms with Crippen LogP contribution < -0.4 is 4.90 Å². The number of rotatable bonds is 18. The topological polar surface area (TPSA) is 5.90 Å². The monoisotopic (exact) mass is 311 g/mol. The standard InChI is InChI=1S/C21H45N/c1-4-7-10-13-16-19-22(20-17-14-11-8-5-2)21-18-15-12-9-6-3/h4-21H2,1-3H3/q+1. The maximum atomic E-state index is 2.77. The Hall–Kier alpha value is -0.0400. The summed E-state index contributed by atoms with van der Waals surface area (Å²) in [4.78, 5) is 2.77. The molecule has 1 heteroatoms. The van der Waals surface area contributed by atoms with Crippen LogP contribution in [0.15, 0.2) is 0 Å². The van der Waals surface area contributed by atoms with Crippen molar-refractivity contribution in [3.05, 3.63) is 0 Å². The van der Waals surface area contributed by atoms with Gasteiger partial charge in [-0.3, -0.25) is 0 Å². The van der Waals surface area contributed by atoms with Gasteiger partial charge in [-0.2, -0.15) is 4.90 Å². The smallest absolute Gasteiger partial charge is 0.122 e. The van der Waals surface area contributed by atoms with E-state index in [1.165, 1.54) is 116 Å². The van der Waals surface area contributed by atoms with Gasteiger partial charge in [0, 0.05) is 19.3 Å². The second-order valence-corrected chi connectivity index (χ2v) is 7.08.